The summed E-state index contributed by atoms with van der Waals surface area (Å²) in [5, 5.41) is 13.8. The van der Waals surface area contributed by atoms with E-state index >= 15 is 0 Å². The molecule has 20 heavy (non-hydrogen) atoms. The van der Waals surface area contributed by atoms with E-state index in [1.165, 1.54) is 5.56 Å². The van der Waals surface area contributed by atoms with E-state index in [0.717, 1.165) is 31.0 Å². The quantitative estimate of drug-likeness (QED) is 0.735. The van der Waals surface area contributed by atoms with Crippen molar-refractivity contribution in [1.29, 1.82) is 0 Å². The molecule has 0 saturated heterocycles. The second kappa shape index (κ2) is 9.35. The summed E-state index contributed by atoms with van der Waals surface area (Å²) in [5.41, 5.74) is 1.27. The zero-order chi connectivity index (χ0) is 15.0. The van der Waals surface area contributed by atoms with Crippen molar-refractivity contribution in [3.8, 4) is 0 Å². The van der Waals surface area contributed by atoms with Gasteiger partial charge in [-0.3, -0.25) is 0 Å². The predicted octanol–water partition coefficient (Wildman–Crippen LogP) is 3.08. The first-order chi connectivity index (χ1) is 9.52. The van der Waals surface area contributed by atoms with E-state index in [1.54, 1.807) is 0 Å². The van der Waals surface area contributed by atoms with Crippen molar-refractivity contribution in [3.63, 3.8) is 0 Å². The number of likely N-dealkylation sites (N-methyl/N-ethyl adjacent to an activating group) is 1. The van der Waals surface area contributed by atoms with Gasteiger partial charge in [-0.05, 0) is 57.6 Å². The number of aliphatic hydroxyl groups excluding tert-OH is 1. The van der Waals surface area contributed by atoms with Crippen molar-refractivity contribution in [2.45, 2.75) is 38.8 Å². The Morgan fingerprint density at radius 1 is 1.30 bits per heavy atom. The van der Waals surface area contributed by atoms with Crippen LogP contribution in [-0.4, -0.2) is 42.8 Å². The molecule has 0 spiro atoms. The number of nitrogens with one attached hydrogen (secondary N) is 1. The molecule has 1 aromatic rings. The fourth-order valence-electron chi connectivity index (χ4n) is 2.29. The molecule has 0 saturated carbocycles. The normalized spacial score (nSPS) is 14.5. The number of benzene rings is 1. The second-order valence-corrected chi connectivity index (χ2v) is 5.89. The van der Waals surface area contributed by atoms with Gasteiger partial charge in [-0.1, -0.05) is 30.7 Å². The maximum absolute atomic E-state index is 9.41. The molecule has 3 nitrogen and oxygen atoms in total. The van der Waals surface area contributed by atoms with Gasteiger partial charge in [0.15, 0.2) is 0 Å². The van der Waals surface area contributed by atoms with Crippen molar-refractivity contribution in [2.24, 2.45) is 0 Å². The molecule has 0 heterocycles. The minimum atomic E-state index is -0.280. The van der Waals surface area contributed by atoms with Gasteiger partial charge in [-0.15, -0.1) is 0 Å². The smallest absolute Gasteiger partial charge is 0.0638 e. The second-order valence-electron chi connectivity index (χ2n) is 5.46. The molecule has 1 aromatic carbocycles. The van der Waals surface area contributed by atoms with Gasteiger partial charge in [0.25, 0.3) is 0 Å². The van der Waals surface area contributed by atoms with Crippen LogP contribution in [0.1, 0.15) is 38.3 Å². The molecule has 2 atom stereocenters. The first kappa shape index (κ1) is 17.4. The molecule has 4 heteroatoms. The van der Waals surface area contributed by atoms with Crippen molar-refractivity contribution in [2.75, 3.05) is 26.7 Å². The number of nitrogens with zero attached hydrogens (tertiary/aromatic N) is 1. The van der Waals surface area contributed by atoms with E-state index in [-0.39, 0.29) is 6.10 Å². The average molecular weight is 299 g/mol. The van der Waals surface area contributed by atoms with Gasteiger partial charge >= 0.3 is 0 Å². The minimum Gasteiger partial charge on any atom is -0.392 e. The summed E-state index contributed by atoms with van der Waals surface area (Å²) in [7, 11) is 2.05. The number of hydrogen-bond acceptors (Lipinski definition) is 3. The highest BCUT2D eigenvalue weighted by molar-refractivity contribution is 6.30. The first-order valence-corrected chi connectivity index (χ1v) is 7.76. The maximum atomic E-state index is 9.41. The van der Waals surface area contributed by atoms with Gasteiger partial charge in [-0.2, -0.15) is 0 Å². The van der Waals surface area contributed by atoms with E-state index in [9.17, 15) is 5.11 Å². The molecule has 114 valence electrons. The van der Waals surface area contributed by atoms with Crippen LogP contribution in [0.5, 0.6) is 0 Å². The van der Waals surface area contributed by atoms with Gasteiger partial charge in [0.2, 0.25) is 0 Å². The summed E-state index contributed by atoms with van der Waals surface area (Å²) in [5.74, 6) is 0. The van der Waals surface area contributed by atoms with Crippen LogP contribution in [0.3, 0.4) is 0 Å². The van der Waals surface area contributed by atoms with Crippen LogP contribution in [0.4, 0.5) is 0 Å². The Labute approximate surface area is 127 Å². The highest BCUT2D eigenvalue weighted by Crippen LogP contribution is 2.19. The molecule has 0 aliphatic rings. The van der Waals surface area contributed by atoms with Crippen LogP contribution in [0.2, 0.25) is 5.02 Å². The highest BCUT2D eigenvalue weighted by Gasteiger charge is 2.12. The fraction of sp³-hybridized carbons (Fsp3) is 0.625. The molecule has 0 aliphatic heterocycles. The minimum absolute atomic E-state index is 0.280. The predicted molar refractivity (Wildman–Crippen MR) is 86.3 cm³/mol. The molecule has 0 fully saturated rings. The molecule has 0 radical (unpaired) electrons. The SMILES string of the molecule is CCCNC(CCN(C)CC(C)O)c1ccc(Cl)cc1. The van der Waals surface area contributed by atoms with E-state index in [4.69, 9.17) is 11.6 Å². The van der Waals surface area contributed by atoms with Crippen molar-refractivity contribution in [3.05, 3.63) is 34.9 Å². The Morgan fingerprint density at radius 2 is 1.95 bits per heavy atom. The summed E-state index contributed by atoms with van der Waals surface area (Å²) in [6.45, 7) is 6.66. The van der Waals surface area contributed by atoms with Crippen LogP contribution in [0.15, 0.2) is 24.3 Å². The topological polar surface area (TPSA) is 35.5 Å². The molecular formula is C16H27ClN2O. The van der Waals surface area contributed by atoms with E-state index < -0.39 is 0 Å². The molecule has 0 aliphatic carbocycles. The summed E-state index contributed by atoms with van der Waals surface area (Å²) in [6.07, 6.45) is 1.86. The maximum Gasteiger partial charge on any atom is 0.0638 e. The molecule has 2 N–H and O–H groups in total. The third-order valence-corrected chi connectivity index (χ3v) is 3.54. The average Bonchev–Trinajstić information content (AvgIpc) is 2.39. The lowest BCUT2D eigenvalue weighted by molar-refractivity contribution is 0.139. The summed E-state index contributed by atoms with van der Waals surface area (Å²) in [4.78, 5) is 2.17. The van der Waals surface area contributed by atoms with Crippen molar-refractivity contribution in [1.82, 2.24) is 10.2 Å². The summed E-state index contributed by atoms with van der Waals surface area (Å²) >= 11 is 5.95. The molecule has 2 unspecified atom stereocenters. The Balaban J connectivity index is 2.57. The summed E-state index contributed by atoms with van der Waals surface area (Å²) in [6, 6.07) is 8.39. The molecule has 0 amide bonds. The van der Waals surface area contributed by atoms with Crippen molar-refractivity contribution >= 4 is 11.6 Å². The zero-order valence-electron chi connectivity index (χ0n) is 12.8. The Morgan fingerprint density at radius 3 is 2.50 bits per heavy atom. The van der Waals surface area contributed by atoms with Crippen molar-refractivity contribution < 1.29 is 5.11 Å². The van der Waals surface area contributed by atoms with Gasteiger partial charge in [0, 0.05) is 17.6 Å². The number of rotatable bonds is 9. The van der Waals surface area contributed by atoms with E-state index in [2.05, 4.69) is 29.3 Å². The Hall–Kier alpha value is -0.610. The molecule has 0 bridgehead atoms. The lowest BCUT2D eigenvalue weighted by Gasteiger charge is -2.24. The summed E-state index contributed by atoms with van der Waals surface area (Å²) < 4.78 is 0. The Bertz CT molecular complexity index is 367. The van der Waals surface area contributed by atoms with E-state index in [0.29, 0.717) is 12.6 Å². The van der Waals surface area contributed by atoms with Crippen LogP contribution in [0.25, 0.3) is 0 Å². The van der Waals surface area contributed by atoms with Crippen LogP contribution < -0.4 is 5.32 Å². The van der Waals surface area contributed by atoms with Crippen LogP contribution >= 0.6 is 11.6 Å². The largest absolute Gasteiger partial charge is 0.392 e. The lowest BCUT2D eigenvalue weighted by atomic mass is 10.0. The standard InChI is InChI=1S/C16H27ClN2O/c1-4-10-18-16(9-11-19(3)12-13(2)20)14-5-7-15(17)8-6-14/h5-8,13,16,18,20H,4,9-12H2,1-3H3. The third kappa shape index (κ3) is 6.71. The third-order valence-electron chi connectivity index (χ3n) is 3.29. The van der Waals surface area contributed by atoms with Gasteiger partial charge in [0.1, 0.15) is 0 Å². The molecular weight excluding hydrogens is 272 g/mol. The number of hydrogen-bond donors (Lipinski definition) is 2. The molecule has 1 rings (SSSR count). The van der Waals surface area contributed by atoms with Crippen LogP contribution in [0, 0.1) is 0 Å². The number of aliphatic hydroxyl groups is 1. The lowest BCUT2D eigenvalue weighted by Crippen LogP contribution is -2.31. The highest BCUT2D eigenvalue weighted by atomic mass is 35.5. The molecule has 0 aromatic heterocycles. The monoisotopic (exact) mass is 298 g/mol. The Kier molecular flexibility index (Phi) is 8.15. The van der Waals surface area contributed by atoms with Gasteiger partial charge in [0.05, 0.1) is 6.10 Å². The van der Waals surface area contributed by atoms with Gasteiger partial charge < -0.3 is 15.3 Å². The first-order valence-electron chi connectivity index (χ1n) is 7.38. The number of halogens is 1. The van der Waals surface area contributed by atoms with Crippen LogP contribution in [-0.2, 0) is 0 Å². The fourth-order valence-corrected chi connectivity index (χ4v) is 2.42. The zero-order valence-corrected chi connectivity index (χ0v) is 13.5. The van der Waals surface area contributed by atoms with E-state index in [1.807, 2.05) is 26.1 Å². The van der Waals surface area contributed by atoms with Gasteiger partial charge in [-0.25, -0.2) is 0 Å².